The average molecular weight is 381 g/mol. The number of ether oxygens (including phenoxy) is 1. The number of nitrogens with one attached hydrogen (secondary N) is 1. The highest BCUT2D eigenvalue weighted by Gasteiger charge is 2.20. The molecule has 0 aromatic heterocycles. The summed E-state index contributed by atoms with van der Waals surface area (Å²) < 4.78 is 5.31. The van der Waals surface area contributed by atoms with Gasteiger partial charge in [0.25, 0.3) is 0 Å². The maximum atomic E-state index is 12.6. The van der Waals surface area contributed by atoms with Crippen LogP contribution in [0.1, 0.15) is 61.9 Å². The van der Waals surface area contributed by atoms with Crippen molar-refractivity contribution in [2.75, 3.05) is 11.9 Å². The second-order valence-corrected chi connectivity index (χ2v) is 6.98. The van der Waals surface area contributed by atoms with Gasteiger partial charge in [0.1, 0.15) is 0 Å². The van der Waals surface area contributed by atoms with Crippen LogP contribution >= 0.6 is 0 Å². The standard InChI is InChI=1S/C23H27NO4/c1-7-21(26)24-19-10-8-18(9-11-19)20(25)12-28-23(27)22-16(5)14(3)13(2)15(4)17(22)6/h8-11H,7,12H2,1-6H3,(H,24,26). The first-order valence-corrected chi connectivity index (χ1v) is 9.34. The summed E-state index contributed by atoms with van der Waals surface area (Å²) in [5.41, 5.74) is 6.63. The summed E-state index contributed by atoms with van der Waals surface area (Å²) in [7, 11) is 0. The maximum absolute atomic E-state index is 12.6. The molecule has 2 aromatic rings. The second-order valence-electron chi connectivity index (χ2n) is 6.98. The predicted octanol–water partition coefficient (Wildman–Crippen LogP) is 4.62. The monoisotopic (exact) mass is 381 g/mol. The van der Waals surface area contributed by atoms with Gasteiger partial charge in [-0.25, -0.2) is 4.79 Å². The van der Waals surface area contributed by atoms with E-state index in [-0.39, 0.29) is 18.3 Å². The summed E-state index contributed by atoms with van der Waals surface area (Å²) in [5, 5.41) is 2.72. The Balaban J connectivity index is 2.09. The number of hydrogen-bond acceptors (Lipinski definition) is 4. The first kappa shape index (κ1) is 21.4. The van der Waals surface area contributed by atoms with E-state index in [4.69, 9.17) is 4.74 Å². The molecule has 2 rings (SSSR count). The van der Waals surface area contributed by atoms with Gasteiger partial charge in [-0.05, 0) is 86.7 Å². The number of benzene rings is 2. The van der Waals surface area contributed by atoms with Crippen molar-refractivity contribution in [1.29, 1.82) is 0 Å². The van der Waals surface area contributed by atoms with Gasteiger partial charge in [0.15, 0.2) is 12.4 Å². The normalized spacial score (nSPS) is 10.5. The summed E-state index contributed by atoms with van der Waals surface area (Å²) in [6, 6.07) is 6.53. The van der Waals surface area contributed by atoms with Crippen molar-refractivity contribution in [3.63, 3.8) is 0 Å². The number of esters is 1. The number of ketones is 1. The van der Waals surface area contributed by atoms with E-state index in [9.17, 15) is 14.4 Å². The van der Waals surface area contributed by atoms with Crippen molar-refractivity contribution in [3.8, 4) is 0 Å². The molecule has 0 radical (unpaired) electrons. The van der Waals surface area contributed by atoms with Crippen molar-refractivity contribution < 1.29 is 19.1 Å². The SMILES string of the molecule is CCC(=O)Nc1ccc(C(=O)COC(=O)c2c(C)c(C)c(C)c(C)c2C)cc1. The Morgan fingerprint density at radius 1 is 0.821 bits per heavy atom. The van der Waals surface area contributed by atoms with Crippen LogP contribution in [0.15, 0.2) is 24.3 Å². The molecule has 1 amide bonds. The number of Topliss-reactive ketones (excluding diaryl/α,β-unsaturated/α-hetero) is 1. The summed E-state index contributed by atoms with van der Waals surface area (Å²) >= 11 is 0. The first-order valence-electron chi connectivity index (χ1n) is 9.34. The Kier molecular flexibility index (Phi) is 6.73. The molecular weight excluding hydrogens is 354 g/mol. The Labute approximate surface area is 166 Å². The Morgan fingerprint density at radius 2 is 1.32 bits per heavy atom. The summed E-state index contributed by atoms with van der Waals surface area (Å²) in [6.07, 6.45) is 0.382. The smallest absolute Gasteiger partial charge is 0.339 e. The largest absolute Gasteiger partial charge is 0.454 e. The van der Waals surface area contributed by atoms with Crippen molar-refractivity contribution in [3.05, 3.63) is 63.2 Å². The van der Waals surface area contributed by atoms with Crippen LogP contribution in [0.5, 0.6) is 0 Å². The number of anilines is 1. The molecule has 5 nitrogen and oxygen atoms in total. The van der Waals surface area contributed by atoms with Gasteiger partial charge in [-0.2, -0.15) is 0 Å². The lowest BCUT2D eigenvalue weighted by Gasteiger charge is -2.17. The predicted molar refractivity (Wildman–Crippen MR) is 110 cm³/mol. The molecule has 0 fully saturated rings. The van der Waals surface area contributed by atoms with Crippen LogP contribution in [0, 0.1) is 34.6 Å². The molecule has 5 heteroatoms. The molecular formula is C23H27NO4. The van der Waals surface area contributed by atoms with Gasteiger partial charge in [-0.3, -0.25) is 9.59 Å². The number of amides is 1. The van der Waals surface area contributed by atoms with E-state index in [1.807, 2.05) is 34.6 Å². The van der Waals surface area contributed by atoms with E-state index >= 15 is 0 Å². The zero-order valence-electron chi connectivity index (χ0n) is 17.4. The number of hydrogen-bond donors (Lipinski definition) is 1. The first-order chi connectivity index (χ1) is 13.2. The van der Waals surface area contributed by atoms with E-state index in [2.05, 4.69) is 5.32 Å². The molecule has 148 valence electrons. The summed E-state index contributed by atoms with van der Waals surface area (Å²) in [6.45, 7) is 11.2. The lowest BCUT2D eigenvalue weighted by atomic mass is 9.90. The topological polar surface area (TPSA) is 72.5 Å². The number of carbonyl (C=O) groups excluding carboxylic acids is 3. The highest BCUT2D eigenvalue weighted by atomic mass is 16.5. The second kappa shape index (κ2) is 8.83. The highest BCUT2D eigenvalue weighted by Crippen LogP contribution is 2.26. The van der Waals surface area contributed by atoms with E-state index in [0.717, 1.165) is 27.8 Å². The highest BCUT2D eigenvalue weighted by molar-refractivity contribution is 6.00. The third kappa shape index (κ3) is 4.47. The molecule has 28 heavy (non-hydrogen) atoms. The van der Waals surface area contributed by atoms with Crippen LogP contribution < -0.4 is 5.32 Å². The Morgan fingerprint density at radius 3 is 1.82 bits per heavy atom. The molecule has 0 atom stereocenters. The van der Waals surface area contributed by atoms with Gasteiger partial charge in [-0.1, -0.05) is 6.92 Å². The summed E-state index contributed by atoms with van der Waals surface area (Å²) in [5.74, 6) is -0.874. The lowest BCUT2D eigenvalue weighted by Crippen LogP contribution is -2.17. The van der Waals surface area contributed by atoms with E-state index < -0.39 is 5.97 Å². The zero-order chi connectivity index (χ0) is 21.0. The summed E-state index contributed by atoms with van der Waals surface area (Å²) in [4.78, 5) is 36.4. The molecule has 0 saturated heterocycles. The fourth-order valence-corrected chi connectivity index (χ4v) is 3.08. The van der Waals surface area contributed by atoms with Crippen molar-refractivity contribution in [2.24, 2.45) is 0 Å². The molecule has 0 unspecified atom stereocenters. The van der Waals surface area contributed by atoms with Crippen LogP contribution in [0.4, 0.5) is 5.69 Å². The van der Waals surface area contributed by atoms with E-state index in [1.54, 1.807) is 31.2 Å². The average Bonchev–Trinajstić information content (AvgIpc) is 2.69. The minimum absolute atomic E-state index is 0.0950. The van der Waals surface area contributed by atoms with Gasteiger partial charge in [0.05, 0.1) is 5.56 Å². The van der Waals surface area contributed by atoms with Crippen molar-refractivity contribution in [1.82, 2.24) is 0 Å². The van der Waals surface area contributed by atoms with Gasteiger partial charge in [0, 0.05) is 17.7 Å². The lowest BCUT2D eigenvalue weighted by molar-refractivity contribution is -0.115. The fourth-order valence-electron chi connectivity index (χ4n) is 3.08. The van der Waals surface area contributed by atoms with Crippen molar-refractivity contribution in [2.45, 2.75) is 48.0 Å². The molecule has 0 bridgehead atoms. The van der Waals surface area contributed by atoms with E-state index in [1.165, 1.54) is 0 Å². The Hall–Kier alpha value is -2.95. The fraction of sp³-hybridized carbons (Fsp3) is 0.348. The number of carbonyl (C=O) groups is 3. The van der Waals surface area contributed by atoms with Gasteiger partial charge >= 0.3 is 5.97 Å². The third-order valence-corrected chi connectivity index (χ3v) is 5.35. The Bertz CT molecular complexity index is 898. The molecule has 0 heterocycles. The number of rotatable bonds is 6. The van der Waals surface area contributed by atoms with Crippen LogP contribution in [-0.2, 0) is 9.53 Å². The van der Waals surface area contributed by atoms with Crippen LogP contribution in [0.3, 0.4) is 0 Å². The van der Waals surface area contributed by atoms with Crippen LogP contribution in [0.2, 0.25) is 0 Å². The third-order valence-electron chi connectivity index (χ3n) is 5.35. The molecule has 0 saturated carbocycles. The molecule has 2 aromatic carbocycles. The van der Waals surface area contributed by atoms with Gasteiger partial charge in [0.2, 0.25) is 5.91 Å². The molecule has 0 aliphatic carbocycles. The maximum Gasteiger partial charge on any atom is 0.339 e. The minimum atomic E-state index is -0.485. The zero-order valence-corrected chi connectivity index (χ0v) is 17.4. The van der Waals surface area contributed by atoms with Crippen LogP contribution in [0.25, 0.3) is 0 Å². The van der Waals surface area contributed by atoms with Gasteiger partial charge < -0.3 is 10.1 Å². The molecule has 1 N–H and O–H groups in total. The molecule has 0 spiro atoms. The van der Waals surface area contributed by atoms with E-state index in [0.29, 0.717) is 23.2 Å². The molecule has 0 aliphatic heterocycles. The van der Waals surface area contributed by atoms with Gasteiger partial charge in [-0.15, -0.1) is 0 Å². The quantitative estimate of drug-likeness (QED) is 0.585. The minimum Gasteiger partial charge on any atom is -0.454 e. The van der Waals surface area contributed by atoms with Crippen LogP contribution in [-0.4, -0.2) is 24.3 Å². The van der Waals surface area contributed by atoms with Crippen molar-refractivity contribution >= 4 is 23.3 Å². The molecule has 0 aliphatic rings.